The van der Waals surface area contributed by atoms with Crippen LogP contribution >= 0.6 is 0 Å². The fraction of sp³-hybridized carbons (Fsp3) is 0.615. The van der Waals surface area contributed by atoms with Gasteiger partial charge in [-0.1, -0.05) is 20.8 Å². The number of hydrogen-bond acceptors (Lipinski definition) is 1. The minimum atomic E-state index is -0.277. The monoisotopic (exact) mass is 222 g/mol. The van der Waals surface area contributed by atoms with E-state index in [9.17, 15) is 4.79 Å². The van der Waals surface area contributed by atoms with Crippen LogP contribution in [0.1, 0.15) is 33.6 Å². The van der Waals surface area contributed by atoms with E-state index in [4.69, 9.17) is 0 Å². The summed E-state index contributed by atoms with van der Waals surface area (Å²) in [6.07, 6.45) is 6.25. The van der Waals surface area contributed by atoms with E-state index in [0.717, 1.165) is 25.9 Å². The van der Waals surface area contributed by atoms with E-state index in [1.54, 1.807) is 0 Å². The van der Waals surface area contributed by atoms with Crippen LogP contribution in [-0.2, 0) is 11.3 Å². The van der Waals surface area contributed by atoms with Crippen molar-refractivity contribution < 1.29 is 4.79 Å². The molecule has 0 aliphatic carbocycles. The maximum Gasteiger partial charge on any atom is 0.225 e. The van der Waals surface area contributed by atoms with Crippen molar-refractivity contribution in [2.24, 2.45) is 5.41 Å². The number of amides is 1. The quantitative estimate of drug-likeness (QED) is 0.763. The molecule has 0 aliphatic heterocycles. The molecule has 0 radical (unpaired) electrons. The molecule has 0 bridgehead atoms. The number of carbonyl (C=O) groups is 1. The maximum atomic E-state index is 11.5. The summed E-state index contributed by atoms with van der Waals surface area (Å²) in [5, 5.41) is 2.95. The van der Waals surface area contributed by atoms with Crippen molar-refractivity contribution in [3.8, 4) is 0 Å². The predicted molar refractivity (Wildman–Crippen MR) is 66.1 cm³/mol. The van der Waals surface area contributed by atoms with E-state index in [-0.39, 0.29) is 11.3 Å². The van der Waals surface area contributed by atoms with Gasteiger partial charge in [0, 0.05) is 30.9 Å². The molecular weight excluding hydrogens is 200 g/mol. The van der Waals surface area contributed by atoms with Crippen molar-refractivity contribution in [1.82, 2.24) is 9.88 Å². The van der Waals surface area contributed by atoms with Crippen LogP contribution in [-0.4, -0.2) is 17.0 Å². The second-order valence-corrected chi connectivity index (χ2v) is 5.13. The Labute approximate surface area is 97.8 Å². The highest BCUT2D eigenvalue weighted by Crippen LogP contribution is 2.12. The molecule has 0 aromatic carbocycles. The molecule has 0 aliphatic rings. The van der Waals surface area contributed by atoms with Crippen LogP contribution in [0, 0.1) is 5.41 Å². The third-order valence-electron chi connectivity index (χ3n) is 2.48. The molecule has 0 spiro atoms. The zero-order chi connectivity index (χ0) is 12.0. The average Bonchev–Trinajstić information content (AvgIpc) is 2.68. The molecule has 90 valence electrons. The molecule has 3 heteroatoms. The highest BCUT2D eigenvalue weighted by Gasteiger charge is 2.19. The van der Waals surface area contributed by atoms with Crippen molar-refractivity contribution in [2.75, 3.05) is 6.54 Å². The van der Waals surface area contributed by atoms with E-state index < -0.39 is 0 Å². The molecule has 3 nitrogen and oxygen atoms in total. The first-order valence-corrected chi connectivity index (χ1v) is 5.89. The van der Waals surface area contributed by atoms with Crippen molar-refractivity contribution >= 4 is 5.91 Å². The van der Waals surface area contributed by atoms with E-state index in [1.165, 1.54) is 0 Å². The van der Waals surface area contributed by atoms with Gasteiger partial charge in [0.05, 0.1) is 0 Å². The van der Waals surface area contributed by atoms with Crippen LogP contribution in [0.3, 0.4) is 0 Å². The van der Waals surface area contributed by atoms with Gasteiger partial charge >= 0.3 is 0 Å². The van der Waals surface area contributed by atoms with Gasteiger partial charge in [-0.25, -0.2) is 0 Å². The molecular formula is C13H22N2O. The topological polar surface area (TPSA) is 34.0 Å². The van der Waals surface area contributed by atoms with Gasteiger partial charge in [0.25, 0.3) is 0 Å². The Kier molecular flexibility index (Phi) is 4.59. The Bertz CT molecular complexity index is 309. The molecule has 0 unspecified atom stereocenters. The van der Waals surface area contributed by atoms with E-state index in [1.807, 2.05) is 32.9 Å². The summed E-state index contributed by atoms with van der Waals surface area (Å²) in [6, 6.07) is 4.06. The van der Waals surface area contributed by atoms with Gasteiger partial charge in [0.2, 0.25) is 5.91 Å². The van der Waals surface area contributed by atoms with Gasteiger partial charge in [-0.3, -0.25) is 4.79 Å². The smallest absolute Gasteiger partial charge is 0.225 e. The fourth-order valence-electron chi connectivity index (χ4n) is 1.41. The lowest BCUT2D eigenvalue weighted by molar-refractivity contribution is -0.128. The van der Waals surface area contributed by atoms with Gasteiger partial charge in [-0.2, -0.15) is 0 Å². The lowest BCUT2D eigenvalue weighted by Gasteiger charge is -2.17. The highest BCUT2D eigenvalue weighted by atomic mass is 16.2. The number of nitrogens with zero attached hydrogens (tertiary/aromatic N) is 1. The number of hydrogen-bond donors (Lipinski definition) is 1. The first kappa shape index (κ1) is 12.8. The maximum absolute atomic E-state index is 11.5. The molecule has 1 aromatic rings. The molecule has 1 heterocycles. The largest absolute Gasteiger partial charge is 0.356 e. The standard InChI is InChI=1S/C13H22N2O/c1-13(2,3)12(16)14-8-4-5-9-15-10-6-7-11-15/h6-7,10-11H,4-5,8-9H2,1-3H3,(H,14,16). The summed E-state index contributed by atoms with van der Waals surface area (Å²) in [6.45, 7) is 7.60. The minimum Gasteiger partial charge on any atom is -0.356 e. The van der Waals surface area contributed by atoms with Gasteiger partial charge in [-0.05, 0) is 25.0 Å². The number of unbranched alkanes of at least 4 members (excludes halogenated alkanes) is 1. The first-order chi connectivity index (χ1) is 7.50. The summed E-state index contributed by atoms with van der Waals surface area (Å²) >= 11 is 0. The van der Waals surface area contributed by atoms with Crippen molar-refractivity contribution in [2.45, 2.75) is 40.2 Å². The third-order valence-corrected chi connectivity index (χ3v) is 2.48. The second kappa shape index (κ2) is 5.73. The Hall–Kier alpha value is -1.25. The first-order valence-electron chi connectivity index (χ1n) is 5.89. The average molecular weight is 222 g/mol. The van der Waals surface area contributed by atoms with Crippen LogP contribution in [0.15, 0.2) is 24.5 Å². The number of rotatable bonds is 5. The van der Waals surface area contributed by atoms with Crippen molar-refractivity contribution in [3.63, 3.8) is 0 Å². The number of aromatic nitrogens is 1. The molecule has 0 atom stereocenters. The Morgan fingerprint density at radius 3 is 2.38 bits per heavy atom. The molecule has 0 saturated carbocycles. The van der Waals surface area contributed by atoms with Crippen LogP contribution < -0.4 is 5.32 Å². The lowest BCUT2D eigenvalue weighted by atomic mass is 9.96. The number of nitrogens with one attached hydrogen (secondary N) is 1. The van der Waals surface area contributed by atoms with Crippen LogP contribution in [0.25, 0.3) is 0 Å². The number of aryl methyl sites for hydroxylation is 1. The summed E-state index contributed by atoms with van der Waals surface area (Å²) in [5.41, 5.74) is -0.277. The predicted octanol–water partition coefficient (Wildman–Crippen LogP) is 2.43. The molecule has 0 fully saturated rings. The summed E-state index contributed by atoms with van der Waals surface area (Å²) in [7, 11) is 0. The van der Waals surface area contributed by atoms with E-state index in [2.05, 4.69) is 22.3 Å². The second-order valence-electron chi connectivity index (χ2n) is 5.13. The van der Waals surface area contributed by atoms with Crippen LogP contribution in [0.5, 0.6) is 0 Å². The van der Waals surface area contributed by atoms with Gasteiger partial charge in [0.1, 0.15) is 0 Å². The number of carbonyl (C=O) groups excluding carboxylic acids is 1. The van der Waals surface area contributed by atoms with E-state index >= 15 is 0 Å². The van der Waals surface area contributed by atoms with Gasteiger partial charge in [-0.15, -0.1) is 0 Å². The van der Waals surface area contributed by atoms with Crippen LogP contribution in [0.2, 0.25) is 0 Å². The third kappa shape index (κ3) is 4.51. The summed E-state index contributed by atoms with van der Waals surface area (Å²) < 4.78 is 2.16. The zero-order valence-corrected chi connectivity index (χ0v) is 10.5. The molecule has 1 amide bonds. The Balaban J connectivity index is 2.06. The SMILES string of the molecule is CC(C)(C)C(=O)NCCCCn1cccc1. The van der Waals surface area contributed by atoms with Crippen LogP contribution in [0.4, 0.5) is 0 Å². The van der Waals surface area contributed by atoms with Crippen molar-refractivity contribution in [1.29, 1.82) is 0 Å². The zero-order valence-electron chi connectivity index (χ0n) is 10.5. The molecule has 16 heavy (non-hydrogen) atoms. The molecule has 0 saturated heterocycles. The normalized spacial score (nSPS) is 11.4. The molecule has 1 aromatic heterocycles. The Morgan fingerprint density at radius 2 is 1.81 bits per heavy atom. The summed E-state index contributed by atoms with van der Waals surface area (Å²) in [5.74, 6) is 0.133. The van der Waals surface area contributed by atoms with Crippen molar-refractivity contribution in [3.05, 3.63) is 24.5 Å². The molecule has 1 N–H and O–H groups in total. The van der Waals surface area contributed by atoms with Gasteiger partial charge < -0.3 is 9.88 Å². The van der Waals surface area contributed by atoms with Gasteiger partial charge in [0.15, 0.2) is 0 Å². The molecule has 1 rings (SSSR count). The highest BCUT2D eigenvalue weighted by molar-refractivity contribution is 5.81. The Morgan fingerprint density at radius 1 is 1.19 bits per heavy atom. The fourth-order valence-corrected chi connectivity index (χ4v) is 1.41. The minimum absolute atomic E-state index is 0.133. The summed E-state index contributed by atoms with van der Waals surface area (Å²) in [4.78, 5) is 11.5. The lowest BCUT2D eigenvalue weighted by Crippen LogP contribution is -2.35. The van der Waals surface area contributed by atoms with E-state index in [0.29, 0.717) is 0 Å².